The fraction of sp³-hybridized carbons (Fsp3) is 0.238. The second kappa shape index (κ2) is 8.31. The van der Waals surface area contributed by atoms with Gasteiger partial charge in [-0.15, -0.1) is 0 Å². The minimum Gasteiger partial charge on any atom is -0.320 e. The van der Waals surface area contributed by atoms with Gasteiger partial charge in [0.15, 0.2) is 0 Å². The average Bonchev–Trinajstić information content (AvgIpc) is 2.94. The molecule has 0 aliphatic rings. The number of hydrogen-bond donors (Lipinski definition) is 1. The van der Waals surface area contributed by atoms with Crippen molar-refractivity contribution in [2.75, 3.05) is 18.9 Å². The number of aryl methyl sites for hydroxylation is 1. The highest BCUT2D eigenvalue weighted by atomic mass is 19.1. The maximum absolute atomic E-state index is 13.7. The molecule has 0 radical (unpaired) electrons. The van der Waals surface area contributed by atoms with E-state index in [9.17, 15) is 13.6 Å². The van der Waals surface area contributed by atoms with Gasteiger partial charge in [0.1, 0.15) is 17.3 Å². The molecule has 2 aromatic carbocycles. The maximum atomic E-state index is 13.7. The number of nitrogens with zero attached hydrogens (tertiary/aromatic N) is 3. The van der Waals surface area contributed by atoms with Crippen molar-refractivity contribution in [2.45, 2.75) is 20.4 Å². The third-order valence-electron chi connectivity index (χ3n) is 4.51. The highest BCUT2D eigenvalue weighted by molar-refractivity contribution is 5.92. The van der Waals surface area contributed by atoms with Crippen molar-refractivity contribution in [1.29, 1.82) is 0 Å². The molecule has 1 N–H and O–H groups in total. The number of amides is 1. The third kappa shape index (κ3) is 4.26. The second-order valence-electron chi connectivity index (χ2n) is 6.71. The first kappa shape index (κ1) is 19.7. The Morgan fingerprint density at radius 1 is 1.07 bits per heavy atom. The summed E-state index contributed by atoms with van der Waals surface area (Å²) in [4.78, 5) is 14.0. The van der Waals surface area contributed by atoms with Crippen molar-refractivity contribution in [3.63, 3.8) is 0 Å². The molecule has 0 saturated heterocycles. The van der Waals surface area contributed by atoms with Crippen LogP contribution in [0, 0.1) is 25.5 Å². The highest BCUT2D eigenvalue weighted by Crippen LogP contribution is 2.20. The number of anilines is 1. The van der Waals surface area contributed by atoms with E-state index in [2.05, 4.69) is 10.4 Å². The molecule has 0 saturated carbocycles. The van der Waals surface area contributed by atoms with Crippen LogP contribution in [0.1, 0.15) is 17.0 Å². The SMILES string of the molecule is Cc1nn(-c2ccccc2)c(C)c1CN(C)CC(=O)Nc1c(F)cccc1F. The summed E-state index contributed by atoms with van der Waals surface area (Å²) in [6, 6.07) is 13.3. The number of halogens is 2. The molecule has 146 valence electrons. The molecule has 0 fully saturated rings. The molecule has 0 spiro atoms. The zero-order valence-corrected chi connectivity index (χ0v) is 16.0. The zero-order chi connectivity index (χ0) is 20.3. The number of likely N-dealkylation sites (N-methyl/N-ethyl adjacent to an activating group) is 1. The lowest BCUT2D eigenvalue weighted by molar-refractivity contribution is -0.117. The molecule has 28 heavy (non-hydrogen) atoms. The van der Waals surface area contributed by atoms with Crippen LogP contribution in [0.3, 0.4) is 0 Å². The van der Waals surface area contributed by atoms with E-state index >= 15 is 0 Å². The lowest BCUT2D eigenvalue weighted by atomic mass is 10.2. The first-order valence-electron chi connectivity index (χ1n) is 8.89. The van der Waals surface area contributed by atoms with Gasteiger partial charge in [0.05, 0.1) is 17.9 Å². The van der Waals surface area contributed by atoms with Gasteiger partial charge in [-0.2, -0.15) is 5.10 Å². The molecule has 3 rings (SSSR count). The normalized spacial score (nSPS) is 11.1. The van der Waals surface area contributed by atoms with E-state index < -0.39 is 23.2 Å². The third-order valence-corrected chi connectivity index (χ3v) is 4.51. The summed E-state index contributed by atoms with van der Waals surface area (Å²) in [6.07, 6.45) is 0. The van der Waals surface area contributed by atoms with E-state index in [1.54, 1.807) is 11.9 Å². The van der Waals surface area contributed by atoms with Crippen LogP contribution in [-0.4, -0.2) is 34.2 Å². The van der Waals surface area contributed by atoms with Gasteiger partial charge in [0, 0.05) is 17.8 Å². The number of carbonyl (C=O) groups excluding carboxylic acids is 1. The van der Waals surface area contributed by atoms with Crippen LogP contribution in [0.2, 0.25) is 0 Å². The molecule has 0 bridgehead atoms. The van der Waals surface area contributed by atoms with Crippen molar-refractivity contribution in [3.05, 3.63) is 77.1 Å². The van der Waals surface area contributed by atoms with Crippen molar-refractivity contribution in [1.82, 2.24) is 14.7 Å². The molecule has 3 aromatic rings. The van der Waals surface area contributed by atoms with E-state index in [1.165, 1.54) is 6.07 Å². The van der Waals surface area contributed by atoms with Gasteiger partial charge in [-0.3, -0.25) is 9.69 Å². The Morgan fingerprint density at radius 2 is 1.71 bits per heavy atom. The molecule has 1 amide bonds. The number of rotatable bonds is 6. The molecule has 0 unspecified atom stereocenters. The van der Waals surface area contributed by atoms with Crippen molar-refractivity contribution >= 4 is 11.6 Å². The fourth-order valence-electron chi connectivity index (χ4n) is 3.09. The van der Waals surface area contributed by atoms with Crippen LogP contribution in [-0.2, 0) is 11.3 Å². The van der Waals surface area contributed by atoms with Gasteiger partial charge in [-0.25, -0.2) is 13.5 Å². The Bertz CT molecular complexity index is 965. The number of benzene rings is 2. The van der Waals surface area contributed by atoms with Gasteiger partial charge in [-0.05, 0) is 45.2 Å². The molecule has 0 atom stereocenters. The van der Waals surface area contributed by atoms with Crippen LogP contribution in [0.25, 0.3) is 5.69 Å². The van der Waals surface area contributed by atoms with Gasteiger partial charge in [0.25, 0.3) is 0 Å². The first-order chi connectivity index (χ1) is 13.4. The Labute approximate surface area is 162 Å². The standard InChI is InChI=1S/C21H22F2N4O/c1-14-17(15(2)27(25-14)16-8-5-4-6-9-16)12-26(3)13-20(28)24-21-18(22)10-7-11-19(21)23/h4-11H,12-13H2,1-3H3,(H,24,28). The molecule has 0 aliphatic heterocycles. The van der Waals surface area contributed by atoms with Crippen LogP contribution >= 0.6 is 0 Å². The van der Waals surface area contributed by atoms with Gasteiger partial charge in [0.2, 0.25) is 5.91 Å². The number of aromatic nitrogens is 2. The Morgan fingerprint density at radius 3 is 2.36 bits per heavy atom. The topological polar surface area (TPSA) is 50.2 Å². The largest absolute Gasteiger partial charge is 0.320 e. The summed E-state index contributed by atoms with van der Waals surface area (Å²) in [7, 11) is 1.77. The lowest BCUT2D eigenvalue weighted by Gasteiger charge is -2.17. The van der Waals surface area contributed by atoms with Crippen molar-refractivity contribution in [3.8, 4) is 5.69 Å². The van der Waals surface area contributed by atoms with E-state index in [0.717, 1.165) is 34.8 Å². The monoisotopic (exact) mass is 384 g/mol. The van der Waals surface area contributed by atoms with Crippen LogP contribution in [0.15, 0.2) is 48.5 Å². The van der Waals surface area contributed by atoms with E-state index in [4.69, 9.17) is 0 Å². The van der Waals surface area contributed by atoms with Crippen LogP contribution in [0.5, 0.6) is 0 Å². The van der Waals surface area contributed by atoms with Crippen molar-refractivity contribution in [2.24, 2.45) is 0 Å². The minimum absolute atomic E-state index is 0.0107. The Balaban J connectivity index is 1.69. The fourth-order valence-corrected chi connectivity index (χ4v) is 3.09. The summed E-state index contributed by atoms with van der Waals surface area (Å²) < 4.78 is 29.2. The number of nitrogens with one attached hydrogen (secondary N) is 1. The van der Waals surface area contributed by atoms with Gasteiger partial charge in [-0.1, -0.05) is 24.3 Å². The average molecular weight is 384 g/mol. The molecule has 7 heteroatoms. The van der Waals surface area contributed by atoms with Crippen LogP contribution < -0.4 is 5.32 Å². The highest BCUT2D eigenvalue weighted by Gasteiger charge is 2.17. The predicted molar refractivity (Wildman–Crippen MR) is 104 cm³/mol. The van der Waals surface area contributed by atoms with Gasteiger partial charge < -0.3 is 5.32 Å². The van der Waals surface area contributed by atoms with E-state index in [1.807, 2.05) is 48.9 Å². The maximum Gasteiger partial charge on any atom is 0.238 e. The lowest BCUT2D eigenvalue weighted by Crippen LogP contribution is -2.30. The zero-order valence-electron chi connectivity index (χ0n) is 16.0. The molecule has 0 aliphatic carbocycles. The number of carbonyl (C=O) groups is 1. The predicted octanol–water partition coefficient (Wildman–Crippen LogP) is 3.84. The summed E-state index contributed by atoms with van der Waals surface area (Å²) in [5.41, 5.74) is 3.40. The Hall–Kier alpha value is -3.06. The molecule has 1 aromatic heterocycles. The number of hydrogen-bond acceptors (Lipinski definition) is 3. The number of para-hydroxylation sites is 2. The summed E-state index contributed by atoms with van der Waals surface area (Å²) in [5, 5.41) is 6.90. The van der Waals surface area contributed by atoms with Crippen LogP contribution in [0.4, 0.5) is 14.5 Å². The Kier molecular flexibility index (Phi) is 5.84. The summed E-state index contributed by atoms with van der Waals surface area (Å²) in [6.45, 7) is 4.37. The molecular weight excluding hydrogens is 362 g/mol. The van der Waals surface area contributed by atoms with Gasteiger partial charge >= 0.3 is 0 Å². The van der Waals surface area contributed by atoms with Crippen molar-refractivity contribution < 1.29 is 13.6 Å². The molecular formula is C21H22F2N4O. The minimum atomic E-state index is -0.799. The first-order valence-corrected chi connectivity index (χ1v) is 8.89. The summed E-state index contributed by atoms with van der Waals surface area (Å²) in [5.74, 6) is -2.09. The summed E-state index contributed by atoms with van der Waals surface area (Å²) >= 11 is 0. The molecule has 5 nitrogen and oxygen atoms in total. The second-order valence-corrected chi connectivity index (χ2v) is 6.71. The smallest absolute Gasteiger partial charge is 0.238 e. The molecule has 1 heterocycles. The van der Waals surface area contributed by atoms with E-state index in [-0.39, 0.29) is 6.54 Å². The quantitative estimate of drug-likeness (QED) is 0.703. The van der Waals surface area contributed by atoms with E-state index in [0.29, 0.717) is 6.54 Å².